The van der Waals surface area contributed by atoms with Crippen molar-refractivity contribution >= 4 is 17.7 Å². The minimum absolute atomic E-state index is 0.240. The Morgan fingerprint density at radius 1 is 1.53 bits per heavy atom. The summed E-state index contributed by atoms with van der Waals surface area (Å²) >= 11 is 1.91. The molecule has 0 aromatic rings. The van der Waals surface area contributed by atoms with Gasteiger partial charge in [0.25, 0.3) is 0 Å². The van der Waals surface area contributed by atoms with Crippen LogP contribution < -0.4 is 11.1 Å². The molecule has 1 fully saturated rings. The van der Waals surface area contributed by atoms with E-state index in [4.69, 9.17) is 5.73 Å². The molecule has 3 nitrogen and oxygen atoms in total. The number of hydrogen-bond donors (Lipinski definition) is 2. The van der Waals surface area contributed by atoms with E-state index in [1.807, 2.05) is 25.6 Å². The normalized spacial score (nSPS) is 28.6. The molecule has 0 saturated heterocycles. The molecule has 0 bridgehead atoms. The zero-order chi connectivity index (χ0) is 12.9. The second-order valence-electron chi connectivity index (χ2n) is 5.43. The lowest BCUT2D eigenvalue weighted by Crippen LogP contribution is -2.55. The number of nitrogens with two attached hydrogens (primary N) is 1. The van der Waals surface area contributed by atoms with Gasteiger partial charge in [-0.05, 0) is 32.2 Å². The first-order chi connectivity index (χ1) is 7.98. The van der Waals surface area contributed by atoms with Crippen molar-refractivity contribution in [2.75, 3.05) is 12.3 Å². The van der Waals surface area contributed by atoms with Gasteiger partial charge in [0.1, 0.15) is 5.54 Å². The molecule has 1 saturated carbocycles. The summed E-state index contributed by atoms with van der Waals surface area (Å²) in [5, 5.41) is 3.92. The Balaban J connectivity index is 2.43. The van der Waals surface area contributed by atoms with Crippen LogP contribution in [0.4, 0.5) is 0 Å². The van der Waals surface area contributed by atoms with Crippen LogP contribution in [-0.2, 0) is 4.79 Å². The molecule has 0 aromatic carbocycles. The zero-order valence-corrected chi connectivity index (χ0v) is 12.1. The number of primary amides is 1. The van der Waals surface area contributed by atoms with Gasteiger partial charge in [-0.25, -0.2) is 0 Å². The Labute approximate surface area is 109 Å². The van der Waals surface area contributed by atoms with Gasteiger partial charge >= 0.3 is 0 Å². The van der Waals surface area contributed by atoms with Crippen molar-refractivity contribution in [2.45, 2.75) is 57.2 Å². The summed E-state index contributed by atoms with van der Waals surface area (Å²) in [4.78, 5) is 11.5. The lowest BCUT2D eigenvalue weighted by atomic mass is 9.91. The first-order valence-electron chi connectivity index (χ1n) is 6.64. The number of amides is 1. The van der Waals surface area contributed by atoms with Gasteiger partial charge in [0.15, 0.2) is 0 Å². The van der Waals surface area contributed by atoms with Crippen molar-refractivity contribution in [3.05, 3.63) is 0 Å². The van der Waals surface area contributed by atoms with Gasteiger partial charge in [-0.1, -0.05) is 26.7 Å². The summed E-state index contributed by atoms with van der Waals surface area (Å²) in [6, 6.07) is 0. The molecule has 100 valence electrons. The van der Waals surface area contributed by atoms with Crippen LogP contribution in [0.15, 0.2) is 0 Å². The van der Waals surface area contributed by atoms with Crippen LogP contribution in [0.1, 0.15) is 46.5 Å². The lowest BCUT2D eigenvalue weighted by Gasteiger charge is -2.31. The van der Waals surface area contributed by atoms with Gasteiger partial charge in [-0.15, -0.1) is 0 Å². The van der Waals surface area contributed by atoms with E-state index in [0.29, 0.717) is 5.25 Å². The van der Waals surface area contributed by atoms with E-state index in [2.05, 4.69) is 12.2 Å². The first kappa shape index (κ1) is 14.8. The molecule has 0 aromatic heterocycles. The first-order valence-corrected chi connectivity index (χ1v) is 7.69. The third-order valence-electron chi connectivity index (χ3n) is 3.61. The predicted octanol–water partition coefficient (Wildman–Crippen LogP) is 2.15. The molecule has 1 aliphatic carbocycles. The number of hydrogen-bond acceptors (Lipinski definition) is 3. The fraction of sp³-hybridized carbons (Fsp3) is 0.923. The van der Waals surface area contributed by atoms with Gasteiger partial charge in [-0.2, -0.15) is 11.8 Å². The van der Waals surface area contributed by atoms with E-state index in [1.165, 1.54) is 25.7 Å². The minimum Gasteiger partial charge on any atom is -0.368 e. The van der Waals surface area contributed by atoms with E-state index in [0.717, 1.165) is 18.2 Å². The summed E-state index contributed by atoms with van der Waals surface area (Å²) in [5.41, 5.74) is 4.93. The molecule has 17 heavy (non-hydrogen) atoms. The molecule has 4 heteroatoms. The van der Waals surface area contributed by atoms with E-state index < -0.39 is 5.54 Å². The van der Waals surface area contributed by atoms with Crippen LogP contribution in [-0.4, -0.2) is 29.0 Å². The molecule has 3 N–H and O–H groups in total. The third-order valence-corrected chi connectivity index (χ3v) is 5.25. The van der Waals surface area contributed by atoms with Crippen LogP contribution in [0.25, 0.3) is 0 Å². The second kappa shape index (κ2) is 6.64. The SMILES string of the molecule is CCNC(C)(CSC1CCCC(C)C1)C(N)=O. The summed E-state index contributed by atoms with van der Waals surface area (Å²) < 4.78 is 0. The average molecular weight is 258 g/mol. The number of carbonyl (C=O) groups is 1. The van der Waals surface area contributed by atoms with Crippen molar-refractivity contribution in [1.29, 1.82) is 0 Å². The number of thioether (sulfide) groups is 1. The Kier molecular flexibility index (Phi) is 5.80. The zero-order valence-electron chi connectivity index (χ0n) is 11.3. The molecule has 1 amide bonds. The monoisotopic (exact) mass is 258 g/mol. The number of rotatable bonds is 6. The Morgan fingerprint density at radius 3 is 2.76 bits per heavy atom. The Morgan fingerprint density at radius 2 is 2.24 bits per heavy atom. The summed E-state index contributed by atoms with van der Waals surface area (Å²) in [6.45, 7) is 7.03. The van der Waals surface area contributed by atoms with Crippen LogP contribution in [0, 0.1) is 5.92 Å². The van der Waals surface area contributed by atoms with Crippen LogP contribution >= 0.6 is 11.8 Å². The molecule has 3 unspecified atom stereocenters. The van der Waals surface area contributed by atoms with Gasteiger partial charge in [0.05, 0.1) is 0 Å². The summed E-state index contributed by atoms with van der Waals surface area (Å²) in [5.74, 6) is 1.38. The third kappa shape index (κ3) is 4.51. The van der Waals surface area contributed by atoms with E-state index >= 15 is 0 Å². The molecule has 1 rings (SSSR count). The lowest BCUT2D eigenvalue weighted by molar-refractivity contribution is -0.122. The van der Waals surface area contributed by atoms with Crippen LogP contribution in [0.2, 0.25) is 0 Å². The highest BCUT2D eigenvalue weighted by Gasteiger charge is 2.31. The maximum absolute atomic E-state index is 11.5. The van der Waals surface area contributed by atoms with Crippen molar-refractivity contribution in [3.8, 4) is 0 Å². The largest absolute Gasteiger partial charge is 0.368 e. The molecule has 3 atom stereocenters. The van der Waals surface area contributed by atoms with E-state index in [-0.39, 0.29) is 5.91 Å². The van der Waals surface area contributed by atoms with Crippen molar-refractivity contribution < 1.29 is 4.79 Å². The van der Waals surface area contributed by atoms with Gasteiger partial charge in [-0.3, -0.25) is 4.79 Å². The molecular weight excluding hydrogens is 232 g/mol. The van der Waals surface area contributed by atoms with Crippen molar-refractivity contribution in [1.82, 2.24) is 5.32 Å². The molecular formula is C13H26N2OS. The van der Waals surface area contributed by atoms with E-state index in [9.17, 15) is 4.79 Å². The van der Waals surface area contributed by atoms with Crippen molar-refractivity contribution in [3.63, 3.8) is 0 Å². The Bertz CT molecular complexity index is 260. The quantitative estimate of drug-likeness (QED) is 0.767. The van der Waals surface area contributed by atoms with Gasteiger partial charge < -0.3 is 11.1 Å². The molecule has 0 spiro atoms. The number of carbonyl (C=O) groups excluding carboxylic acids is 1. The van der Waals surface area contributed by atoms with E-state index in [1.54, 1.807) is 0 Å². The standard InChI is InChI=1S/C13H26N2OS/c1-4-15-13(3,12(14)16)9-17-11-7-5-6-10(2)8-11/h10-11,15H,4-9H2,1-3H3,(H2,14,16). The molecule has 0 heterocycles. The predicted molar refractivity (Wildman–Crippen MR) is 75.2 cm³/mol. The highest BCUT2D eigenvalue weighted by molar-refractivity contribution is 8.00. The minimum atomic E-state index is -0.555. The maximum Gasteiger partial charge on any atom is 0.238 e. The fourth-order valence-corrected chi connectivity index (χ4v) is 4.03. The molecule has 1 aliphatic rings. The van der Waals surface area contributed by atoms with Crippen molar-refractivity contribution in [2.24, 2.45) is 11.7 Å². The van der Waals surface area contributed by atoms with Gasteiger partial charge in [0.2, 0.25) is 5.91 Å². The number of nitrogens with one attached hydrogen (secondary N) is 1. The Hall–Kier alpha value is -0.220. The van der Waals surface area contributed by atoms with Gasteiger partial charge in [0, 0.05) is 11.0 Å². The van der Waals surface area contributed by atoms with Crippen LogP contribution in [0.3, 0.4) is 0 Å². The maximum atomic E-state index is 11.5. The smallest absolute Gasteiger partial charge is 0.238 e. The average Bonchev–Trinajstić information content (AvgIpc) is 2.27. The highest BCUT2D eigenvalue weighted by atomic mass is 32.2. The summed E-state index contributed by atoms with van der Waals surface area (Å²) in [7, 11) is 0. The highest BCUT2D eigenvalue weighted by Crippen LogP contribution is 2.33. The second-order valence-corrected chi connectivity index (χ2v) is 6.72. The summed E-state index contributed by atoms with van der Waals surface area (Å²) in [6.07, 6.45) is 5.26. The number of likely N-dealkylation sites (N-methyl/N-ethyl adjacent to an activating group) is 1. The molecule has 0 aliphatic heterocycles. The fourth-order valence-electron chi connectivity index (χ4n) is 2.41. The van der Waals surface area contributed by atoms with Crippen LogP contribution in [0.5, 0.6) is 0 Å². The topological polar surface area (TPSA) is 55.1 Å². The molecule has 0 radical (unpaired) electrons.